The topological polar surface area (TPSA) is 113 Å². The Bertz CT molecular complexity index is 1570. The Labute approximate surface area is 193 Å². The zero-order valence-electron chi connectivity index (χ0n) is 18.6. The fourth-order valence-electron chi connectivity index (χ4n) is 5.57. The van der Waals surface area contributed by atoms with Gasteiger partial charge in [0.15, 0.2) is 11.6 Å². The Hall–Kier alpha value is -4.14. The molecule has 34 heavy (non-hydrogen) atoms. The number of fused-ring (bicyclic) bond motifs is 4. The van der Waals surface area contributed by atoms with Crippen molar-refractivity contribution >= 4 is 11.6 Å². The quantitative estimate of drug-likeness (QED) is 0.511. The molecule has 2 aliphatic carbocycles. The van der Waals surface area contributed by atoms with Crippen LogP contribution < -0.4 is 16.1 Å². The largest absolute Gasteiger partial charge is 0.508 e. The van der Waals surface area contributed by atoms with E-state index in [2.05, 4.69) is 0 Å². The monoisotopic (exact) mass is 459 g/mol. The van der Waals surface area contributed by atoms with E-state index in [4.69, 9.17) is 4.74 Å². The molecule has 0 unspecified atom stereocenters. The van der Waals surface area contributed by atoms with E-state index in [1.165, 1.54) is 28.6 Å². The lowest BCUT2D eigenvalue weighted by Gasteiger charge is -2.40. The molecule has 2 aromatic rings. The van der Waals surface area contributed by atoms with Crippen molar-refractivity contribution in [2.24, 2.45) is 13.0 Å². The molecule has 4 aliphatic rings. The lowest BCUT2D eigenvalue weighted by atomic mass is 9.67. The first-order valence-corrected chi connectivity index (χ1v) is 11.0. The molecule has 9 nitrogen and oxygen atoms in total. The molecule has 1 aromatic heterocycles. The van der Waals surface area contributed by atoms with Crippen molar-refractivity contribution in [3.05, 3.63) is 91.0 Å². The van der Waals surface area contributed by atoms with Crippen LogP contribution in [0, 0.1) is 5.92 Å². The van der Waals surface area contributed by atoms with Crippen molar-refractivity contribution in [3.63, 3.8) is 0 Å². The van der Waals surface area contributed by atoms with E-state index in [-0.39, 0.29) is 30.3 Å². The number of carbonyl (C=O) groups excluding carboxylic acids is 2. The van der Waals surface area contributed by atoms with E-state index >= 15 is 0 Å². The summed E-state index contributed by atoms with van der Waals surface area (Å²) in [5.41, 5.74) is 2.53. The average molecular weight is 459 g/mol. The van der Waals surface area contributed by atoms with Crippen LogP contribution in [-0.2, 0) is 29.6 Å². The molecular weight excluding hydrogens is 438 g/mol. The number of ether oxygens (including phenoxy) is 1. The van der Waals surface area contributed by atoms with Crippen LogP contribution in [0.1, 0.15) is 24.9 Å². The summed E-state index contributed by atoms with van der Waals surface area (Å²) in [5.74, 6) is -0.333. The molecule has 2 atom stereocenters. The summed E-state index contributed by atoms with van der Waals surface area (Å²) in [7, 11) is 1.43. The van der Waals surface area contributed by atoms with Gasteiger partial charge in [0.1, 0.15) is 11.5 Å². The number of rotatable bonds is 1. The highest BCUT2D eigenvalue weighted by Gasteiger charge is 2.45. The summed E-state index contributed by atoms with van der Waals surface area (Å²) in [6.07, 6.45) is 5.39. The number of carbonyl (C=O) groups is 2. The lowest BCUT2D eigenvalue weighted by molar-refractivity contribution is -0.116. The first-order valence-electron chi connectivity index (χ1n) is 11.0. The maximum absolute atomic E-state index is 13.2. The SMILES string of the molecule is CC1=CC(=O)C2=C(C[C@@H]3C(=CCn4c(=O)n(C)c(=O)n43)[C@@H]2C2=COc3ccc(O)cc3C2)C1=O. The lowest BCUT2D eigenvalue weighted by Crippen LogP contribution is -2.42. The number of allylic oxidation sites excluding steroid dienone is 7. The Kier molecular flexibility index (Phi) is 4.17. The highest BCUT2D eigenvalue weighted by molar-refractivity contribution is 6.23. The van der Waals surface area contributed by atoms with Gasteiger partial charge in [-0.3, -0.25) is 9.59 Å². The Morgan fingerprint density at radius 2 is 1.91 bits per heavy atom. The van der Waals surface area contributed by atoms with Gasteiger partial charge in [0.2, 0.25) is 0 Å². The van der Waals surface area contributed by atoms with Gasteiger partial charge in [0, 0.05) is 48.1 Å². The van der Waals surface area contributed by atoms with Crippen LogP contribution in [0.4, 0.5) is 0 Å². The molecule has 9 heteroatoms. The average Bonchev–Trinajstić information content (AvgIpc) is 3.04. The van der Waals surface area contributed by atoms with Crippen LogP contribution in [0.5, 0.6) is 11.5 Å². The van der Waals surface area contributed by atoms with Gasteiger partial charge in [0.05, 0.1) is 18.8 Å². The van der Waals surface area contributed by atoms with Crippen LogP contribution in [0.15, 0.2) is 74.1 Å². The second-order valence-corrected chi connectivity index (χ2v) is 9.10. The number of phenols is 1. The summed E-state index contributed by atoms with van der Waals surface area (Å²) in [5, 5.41) is 9.96. The van der Waals surface area contributed by atoms with Gasteiger partial charge in [-0.05, 0) is 42.3 Å². The third-order valence-corrected chi connectivity index (χ3v) is 7.17. The maximum atomic E-state index is 13.2. The molecular formula is C25H21N3O6. The van der Waals surface area contributed by atoms with Gasteiger partial charge in [-0.2, -0.15) is 0 Å². The molecule has 0 amide bonds. The molecule has 6 rings (SSSR count). The van der Waals surface area contributed by atoms with Crippen molar-refractivity contribution < 1.29 is 19.4 Å². The second-order valence-electron chi connectivity index (χ2n) is 9.10. The molecule has 0 saturated heterocycles. The summed E-state index contributed by atoms with van der Waals surface area (Å²) >= 11 is 0. The van der Waals surface area contributed by atoms with E-state index in [0.717, 1.165) is 21.3 Å². The molecule has 0 spiro atoms. The van der Waals surface area contributed by atoms with E-state index in [0.29, 0.717) is 28.9 Å². The van der Waals surface area contributed by atoms with E-state index < -0.39 is 23.3 Å². The summed E-state index contributed by atoms with van der Waals surface area (Å²) < 4.78 is 9.67. The van der Waals surface area contributed by atoms with Gasteiger partial charge in [0.25, 0.3) is 0 Å². The van der Waals surface area contributed by atoms with Gasteiger partial charge >= 0.3 is 11.4 Å². The summed E-state index contributed by atoms with van der Waals surface area (Å²) in [6.45, 7) is 1.79. The number of benzene rings is 1. The molecule has 0 saturated carbocycles. The Morgan fingerprint density at radius 3 is 2.71 bits per heavy atom. The van der Waals surface area contributed by atoms with Crippen LogP contribution in [-0.4, -0.2) is 30.6 Å². The standard InChI is InChI=1S/C25H21N3O6/c1-12-7-19(30)22-17(23(12)31)10-18-16(5-6-27-24(32)26(2)25(33)28(18)27)21(22)14-8-13-9-15(29)3-4-20(13)34-11-14/h3-5,7,9,11,18,21,29H,6,8,10H2,1-2H3/t18-,21+/m1/s1. The highest BCUT2D eigenvalue weighted by Crippen LogP contribution is 2.49. The van der Waals surface area contributed by atoms with Crippen LogP contribution in [0.2, 0.25) is 0 Å². The number of hydrogen-bond acceptors (Lipinski definition) is 6. The molecule has 0 bridgehead atoms. The first-order chi connectivity index (χ1) is 16.3. The molecule has 3 heterocycles. The molecule has 0 fully saturated rings. The number of ketones is 2. The fraction of sp³-hybridized carbons (Fsp3) is 0.280. The number of aromatic hydroxyl groups is 1. The number of nitrogens with zero attached hydrogens (tertiary/aromatic N) is 3. The van der Waals surface area contributed by atoms with Crippen molar-refractivity contribution in [2.75, 3.05) is 0 Å². The van der Waals surface area contributed by atoms with Crippen LogP contribution in [0.3, 0.4) is 0 Å². The van der Waals surface area contributed by atoms with E-state index in [9.17, 15) is 24.3 Å². The molecule has 1 N–H and O–H groups in total. The third kappa shape index (κ3) is 2.66. The van der Waals surface area contributed by atoms with Gasteiger partial charge in [-0.1, -0.05) is 6.08 Å². The van der Waals surface area contributed by atoms with Crippen molar-refractivity contribution in [1.29, 1.82) is 0 Å². The minimum Gasteiger partial charge on any atom is -0.508 e. The van der Waals surface area contributed by atoms with Crippen molar-refractivity contribution in [2.45, 2.75) is 32.4 Å². The van der Waals surface area contributed by atoms with Crippen molar-refractivity contribution in [1.82, 2.24) is 13.9 Å². The van der Waals surface area contributed by atoms with Gasteiger partial charge < -0.3 is 9.84 Å². The zero-order valence-corrected chi connectivity index (χ0v) is 18.6. The fourth-order valence-corrected chi connectivity index (χ4v) is 5.57. The minimum atomic E-state index is -0.582. The smallest absolute Gasteiger partial charge is 0.347 e. The Balaban J connectivity index is 1.55. The predicted molar refractivity (Wildman–Crippen MR) is 120 cm³/mol. The molecule has 172 valence electrons. The molecule has 0 radical (unpaired) electrons. The van der Waals surface area contributed by atoms with Crippen molar-refractivity contribution in [3.8, 4) is 11.5 Å². The van der Waals surface area contributed by atoms with Gasteiger partial charge in [-0.25, -0.2) is 23.5 Å². The van der Waals surface area contributed by atoms with E-state index in [1.807, 2.05) is 6.08 Å². The number of phenolic OH excluding ortho intramolecular Hbond substituents is 1. The number of hydrogen-bond donors (Lipinski definition) is 1. The van der Waals surface area contributed by atoms with Crippen LogP contribution >= 0.6 is 0 Å². The Morgan fingerprint density at radius 1 is 1.12 bits per heavy atom. The van der Waals surface area contributed by atoms with Gasteiger partial charge in [-0.15, -0.1) is 0 Å². The summed E-state index contributed by atoms with van der Waals surface area (Å²) in [4.78, 5) is 52.0. The minimum absolute atomic E-state index is 0.101. The van der Waals surface area contributed by atoms with Crippen LogP contribution in [0.25, 0.3) is 0 Å². The normalized spacial score (nSPS) is 23.2. The number of Topliss-reactive ketones (excluding diaryl/α,β-unsaturated/α-hetero) is 1. The molecule has 1 aromatic carbocycles. The maximum Gasteiger partial charge on any atom is 0.347 e. The zero-order chi connectivity index (χ0) is 23.9. The van der Waals surface area contributed by atoms with E-state index in [1.54, 1.807) is 25.3 Å². The third-order valence-electron chi connectivity index (χ3n) is 7.17. The predicted octanol–water partition coefficient (Wildman–Crippen LogP) is 1.47. The first kappa shape index (κ1) is 20.5. The number of aromatic nitrogens is 3. The highest BCUT2D eigenvalue weighted by atomic mass is 16.5. The second kappa shape index (κ2) is 6.93. The summed E-state index contributed by atoms with van der Waals surface area (Å²) in [6, 6.07) is 4.25. The molecule has 2 aliphatic heterocycles.